The maximum absolute atomic E-state index is 9.33. The average molecular weight is 236 g/mol. The fourth-order valence-corrected chi connectivity index (χ4v) is 1.96. The fraction of sp³-hybridized carbons (Fsp3) is 0.455. The van der Waals surface area contributed by atoms with Crippen LogP contribution in [0.2, 0.25) is 0 Å². The van der Waals surface area contributed by atoms with Gasteiger partial charge in [-0.05, 0) is 12.1 Å². The maximum atomic E-state index is 9.33. The zero-order valence-electron chi connectivity index (χ0n) is 9.47. The van der Waals surface area contributed by atoms with Crippen molar-refractivity contribution in [1.82, 2.24) is 4.98 Å². The van der Waals surface area contributed by atoms with E-state index in [0.29, 0.717) is 25.5 Å². The first-order chi connectivity index (χ1) is 8.24. The van der Waals surface area contributed by atoms with Crippen molar-refractivity contribution in [3.63, 3.8) is 0 Å². The first-order valence-corrected chi connectivity index (χ1v) is 5.48. The normalized spacial score (nSPS) is 20.3. The van der Waals surface area contributed by atoms with Gasteiger partial charge in [0, 0.05) is 12.7 Å². The smallest absolute Gasteiger partial charge is 0.143 e. The molecule has 1 atom stereocenters. The summed E-state index contributed by atoms with van der Waals surface area (Å²) in [5.74, 6) is -0.0659. The third-order valence-corrected chi connectivity index (χ3v) is 2.79. The molecular weight excluding hydrogens is 220 g/mol. The molecule has 0 aliphatic carbocycles. The molecule has 6 heteroatoms. The average Bonchev–Trinajstić information content (AvgIpc) is 2.38. The van der Waals surface area contributed by atoms with Gasteiger partial charge in [-0.25, -0.2) is 0 Å². The van der Waals surface area contributed by atoms with E-state index < -0.39 is 0 Å². The van der Waals surface area contributed by atoms with E-state index >= 15 is 0 Å². The van der Waals surface area contributed by atoms with Gasteiger partial charge in [0.2, 0.25) is 0 Å². The molecule has 92 valence electrons. The lowest BCUT2D eigenvalue weighted by molar-refractivity contribution is 0.0726. The second kappa shape index (κ2) is 5.11. The topological polar surface area (TPSA) is 95.5 Å². The largest absolute Gasteiger partial charge is 0.394 e. The number of nitrogen functional groups attached to an aromatic ring is 1. The van der Waals surface area contributed by atoms with Crippen LogP contribution in [0.25, 0.3) is 0 Å². The highest BCUT2D eigenvalue weighted by molar-refractivity contribution is 5.98. The Labute approximate surface area is 99.5 Å². The predicted molar refractivity (Wildman–Crippen MR) is 64.3 cm³/mol. The number of aliphatic hydroxyl groups is 1. The molecule has 1 aromatic heterocycles. The van der Waals surface area contributed by atoms with Crippen LogP contribution in [0.15, 0.2) is 18.3 Å². The molecule has 17 heavy (non-hydrogen) atoms. The lowest BCUT2D eigenvalue weighted by Gasteiger charge is -2.36. The SMILES string of the molecule is N=C(N)c1ncccc1N1CCOCC1CO. The molecule has 0 amide bonds. The van der Waals surface area contributed by atoms with Crippen molar-refractivity contribution in [2.24, 2.45) is 5.73 Å². The Hall–Kier alpha value is -1.66. The summed E-state index contributed by atoms with van der Waals surface area (Å²) in [6.07, 6.45) is 1.61. The Bertz CT molecular complexity index is 410. The van der Waals surface area contributed by atoms with Crippen LogP contribution in [0.3, 0.4) is 0 Å². The second-order valence-electron chi connectivity index (χ2n) is 3.89. The highest BCUT2D eigenvalue weighted by Gasteiger charge is 2.25. The molecule has 1 saturated heterocycles. The van der Waals surface area contributed by atoms with Crippen molar-refractivity contribution < 1.29 is 9.84 Å². The minimum atomic E-state index is -0.106. The monoisotopic (exact) mass is 236 g/mol. The van der Waals surface area contributed by atoms with Crippen molar-refractivity contribution in [3.8, 4) is 0 Å². The van der Waals surface area contributed by atoms with Gasteiger partial charge in [-0.15, -0.1) is 0 Å². The second-order valence-corrected chi connectivity index (χ2v) is 3.89. The van der Waals surface area contributed by atoms with Crippen LogP contribution in [0.5, 0.6) is 0 Å². The molecule has 6 nitrogen and oxygen atoms in total. The van der Waals surface area contributed by atoms with E-state index in [1.807, 2.05) is 11.0 Å². The fourth-order valence-electron chi connectivity index (χ4n) is 1.96. The van der Waals surface area contributed by atoms with E-state index in [1.54, 1.807) is 12.3 Å². The van der Waals surface area contributed by atoms with Crippen LogP contribution >= 0.6 is 0 Å². The van der Waals surface area contributed by atoms with Crippen LogP contribution in [0.1, 0.15) is 5.69 Å². The number of amidine groups is 1. The van der Waals surface area contributed by atoms with Gasteiger partial charge in [-0.3, -0.25) is 10.4 Å². The van der Waals surface area contributed by atoms with Gasteiger partial charge in [0.05, 0.1) is 31.5 Å². The number of nitrogens with two attached hydrogens (primary N) is 1. The Morgan fingerprint density at radius 1 is 1.71 bits per heavy atom. The van der Waals surface area contributed by atoms with E-state index in [0.717, 1.165) is 5.69 Å². The quantitative estimate of drug-likeness (QED) is 0.488. The van der Waals surface area contributed by atoms with Crippen LogP contribution in [-0.4, -0.2) is 48.3 Å². The van der Waals surface area contributed by atoms with Gasteiger partial charge in [0.1, 0.15) is 11.5 Å². The molecule has 0 aromatic carbocycles. The number of anilines is 1. The number of ether oxygens (including phenoxy) is 1. The third-order valence-electron chi connectivity index (χ3n) is 2.79. The minimum absolute atomic E-state index is 0.00619. The molecule has 1 aliphatic rings. The van der Waals surface area contributed by atoms with Crippen molar-refractivity contribution >= 4 is 11.5 Å². The van der Waals surface area contributed by atoms with Gasteiger partial charge in [0.15, 0.2) is 0 Å². The molecule has 2 rings (SSSR count). The van der Waals surface area contributed by atoms with Crippen LogP contribution < -0.4 is 10.6 Å². The maximum Gasteiger partial charge on any atom is 0.143 e. The first-order valence-electron chi connectivity index (χ1n) is 5.48. The predicted octanol–water partition coefficient (Wildman–Crippen LogP) is -0.437. The highest BCUT2D eigenvalue weighted by atomic mass is 16.5. The van der Waals surface area contributed by atoms with Crippen LogP contribution in [-0.2, 0) is 4.74 Å². The van der Waals surface area contributed by atoms with E-state index in [4.69, 9.17) is 15.9 Å². The van der Waals surface area contributed by atoms with E-state index in [-0.39, 0.29) is 18.5 Å². The van der Waals surface area contributed by atoms with Crippen molar-refractivity contribution in [2.45, 2.75) is 6.04 Å². The number of aliphatic hydroxyl groups excluding tert-OH is 1. The zero-order valence-corrected chi connectivity index (χ0v) is 9.47. The molecule has 0 saturated carbocycles. The molecule has 0 spiro atoms. The lowest BCUT2D eigenvalue weighted by atomic mass is 10.1. The highest BCUT2D eigenvalue weighted by Crippen LogP contribution is 2.22. The molecule has 1 unspecified atom stereocenters. The standard InChI is InChI=1S/C11H16N4O2/c12-11(13)10-9(2-1-3-14-10)15-4-5-17-7-8(15)6-16/h1-3,8,16H,4-7H2,(H3,12,13). The van der Waals surface area contributed by atoms with Gasteiger partial charge in [-0.1, -0.05) is 0 Å². The molecule has 1 fully saturated rings. The Morgan fingerprint density at radius 2 is 2.53 bits per heavy atom. The van der Waals surface area contributed by atoms with Crippen molar-refractivity contribution in [3.05, 3.63) is 24.0 Å². The summed E-state index contributed by atoms with van der Waals surface area (Å²) < 4.78 is 5.32. The number of hydrogen-bond acceptors (Lipinski definition) is 5. The summed E-state index contributed by atoms with van der Waals surface area (Å²) in [4.78, 5) is 6.10. The number of rotatable bonds is 3. The van der Waals surface area contributed by atoms with Crippen molar-refractivity contribution in [2.75, 3.05) is 31.3 Å². The molecule has 1 aliphatic heterocycles. The summed E-state index contributed by atoms with van der Waals surface area (Å²) >= 11 is 0. The number of morpholine rings is 1. The van der Waals surface area contributed by atoms with Gasteiger partial charge in [0.25, 0.3) is 0 Å². The van der Waals surface area contributed by atoms with Gasteiger partial charge >= 0.3 is 0 Å². The number of nitrogens with zero attached hydrogens (tertiary/aromatic N) is 2. The molecular formula is C11H16N4O2. The summed E-state index contributed by atoms with van der Waals surface area (Å²) in [7, 11) is 0. The van der Waals surface area contributed by atoms with Crippen molar-refractivity contribution in [1.29, 1.82) is 5.41 Å². The zero-order chi connectivity index (χ0) is 12.3. The summed E-state index contributed by atoms with van der Waals surface area (Å²) in [5, 5.41) is 16.8. The lowest BCUT2D eigenvalue weighted by Crippen LogP contribution is -2.48. The third kappa shape index (κ3) is 2.37. The molecule has 4 N–H and O–H groups in total. The number of pyridine rings is 1. The molecule has 2 heterocycles. The summed E-state index contributed by atoms with van der Waals surface area (Å²) in [6.45, 7) is 1.74. The van der Waals surface area contributed by atoms with Gasteiger partial charge < -0.3 is 20.5 Å². The summed E-state index contributed by atoms with van der Waals surface area (Å²) in [5.41, 5.74) is 6.74. The van der Waals surface area contributed by atoms with E-state index in [1.165, 1.54) is 0 Å². The minimum Gasteiger partial charge on any atom is -0.394 e. The first kappa shape index (κ1) is 11.8. The Morgan fingerprint density at radius 3 is 3.24 bits per heavy atom. The molecule has 1 aromatic rings. The number of nitrogens with one attached hydrogen (secondary N) is 1. The summed E-state index contributed by atoms with van der Waals surface area (Å²) in [6, 6.07) is 3.55. The molecule has 0 bridgehead atoms. The Kier molecular flexibility index (Phi) is 3.55. The van der Waals surface area contributed by atoms with Gasteiger partial charge in [-0.2, -0.15) is 0 Å². The number of hydrogen-bond donors (Lipinski definition) is 3. The molecule has 0 radical (unpaired) electrons. The van der Waals surface area contributed by atoms with E-state index in [2.05, 4.69) is 4.98 Å². The van der Waals surface area contributed by atoms with E-state index in [9.17, 15) is 5.11 Å². The van der Waals surface area contributed by atoms with Crippen LogP contribution in [0.4, 0.5) is 5.69 Å². The number of aromatic nitrogens is 1. The Balaban J connectivity index is 2.34. The van der Waals surface area contributed by atoms with Crippen LogP contribution in [0, 0.1) is 5.41 Å².